The summed E-state index contributed by atoms with van der Waals surface area (Å²) in [6.07, 6.45) is 4.16. The van der Waals surface area contributed by atoms with Crippen LogP contribution in [0.2, 0.25) is 0 Å². The smallest absolute Gasteiger partial charge is 0.221 e. The zero-order valence-corrected chi connectivity index (χ0v) is 13.0. The molecule has 3 N–H and O–H groups in total. The fourth-order valence-corrected chi connectivity index (χ4v) is 3.03. The first-order valence-corrected chi connectivity index (χ1v) is 7.24. The number of nitrogens with two attached hydrogens (primary N) is 1. The van der Waals surface area contributed by atoms with E-state index in [9.17, 15) is 9.59 Å². The molecular weight excluding hydrogens is 288 g/mol. The van der Waals surface area contributed by atoms with Crippen molar-refractivity contribution >= 4 is 24.1 Å². The molecule has 0 bridgehead atoms. The van der Waals surface area contributed by atoms with Crippen LogP contribution in [0.25, 0.3) is 0 Å². The first-order valence-electron chi connectivity index (χ1n) is 7.24. The van der Waals surface area contributed by atoms with Gasteiger partial charge in [0.25, 0.3) is 0 Å². The molecule has 0 saturated heterocycles. The van der Waals surface area contributed by atoms with Crippen LogP contribution in [0.1, 0.15) is 37.7 Å². The number of hydrogen-bond acceptors (Lipinski definition) is 3. The Morgan fingerprint density at radius 2 is 1.76 bits per heavy atom. The molecule has 1 saturated carbocycles. The Morgan fingerprint density at radius 3 is 2.33 bits per heavy atom. The minimum atomic E-state index is -0.406. The second kappa shape index (κ2) is 8.15. The SMILES string of the molecule is Cl.NCCC(=O)NCC(=O)C1(c2ccccc2)CCCC1. The van der Waals surface area contributed by atoms with Gasteiger partial charge in [-0.15, -0.1) is 12.4 Å². The monoisotopic (exact) mass is 310 g/mol. The summed E-state index contributed by atoms with van der Waals surface area (Å²) in [4.78, 5) is 24.1. The van der Waals surface area contributed by atoms with Gasteiger partial charge in [0.1, 0.15) is 0 Å². The van der Waals surface area contributed by atoms with Crippen LogP contribution in [0.5, 0.6) is 0 Å². The highest BCUT2D eigenvalue weighted by Crippen LogP contribution is 2.41. The van der Waals surface area contributed by atoms with Gasteiger partial charge < -0.3 is 11.1 Å². The molecule has 0 spiro atoms. The van der Waals surface area contributed by atoms with E-state index in [0.717, 1.165) is 31.2 Å². The van der Waals surface area contributed by atoms with Crippen LogP contribution in [-0.4, -0.2) is 24.8 Å². The summed E-state index contributed by atoms with van der Waals surface area (Å²) in [6, 6.07) is 9.93. The lowest BCUT2D eigenvalue weighted by Crippen LogP contribution is -2.41. The number of hydrogen-bond donors (Lipinski definition) is 2. The molecule has 0 aliphatic heterocycles. The quantitative estimate of drug-likeness (QED) is 0.843. The van der Waals surface area contributed by atoms with Gasteiger partial charge in [0.2, 0.25) is 5.91 Å². The van der Waals surface area contributed by atoms with Crippen LogP contribution in [-0.2, 0) is 15.0 Å². The maximum atomic E-state index is 12.6. The van der Waals surface area contributed by atoms with Gasteiger partial charge in [-0.2, -0.15) is 0 Å². The summed E-state index contributed by atoms with van der Waals surface area (Å²) < 4.78 is 0. The van der Waals surface area contributed by atoms with E-state index in [2.05, 4.69) is 5.32 Å². The zero-order chi connectivity index (χ0) is 14.4. The molecule has 1 aliphatic carbocycles. The van der Waals surface area contributed by atoms with Gasteiger partial charge in [-0.05, 0) is 18.4 Å². The molecule has 0 unspecified atom stereocenters. The minimum absolute atomic E-state index is 0. The largest absolute Gasteiger partial charge is 0.349 e. The van der Waals surface area contributed by atoms with Gasteiger partial charge in [0.05, 0.1) is 12.0 Å². The average molecular weight is 311 g/mol. The highest BCUT2D eigenvalue weighted by atomic mass is 35.5. The molecule has 1 aromatic carbocycles. The Morgan fingerprint density at radius 1 is 1.14 bits per heavy atom. The molecule has 4 nitrogen and oxygen atoms in total. The lowest BCUT2D eigenvalue weighted by molar-refractivity contribution is -0.127. The summed E-state index contributed by atoms with van der Waals surface area (Å²) in [5, 5.41) is 2.69. The van der Waals surface area contributed by atoms with Crippen LogP contribution >= 0.6 is 12.4 Å². The van der Waals surface area contributed by atoms with E-state index in [-0.39, 0.29) is 37.1 Å². The number of halogens is 1. The van der Waals surface area contributed by atoms with E-state index < -0.39 is 5.41 Å². The van der Waals surface area contributed by atoms with Crippen molar-refractivity contribution in [3.8, 4) is 0 Å². The molecule has 2 rings (SSSR count). The van der Waals surface area contributed by atoms with E-state index in [1.54, 1.807) is 0 Å². The molecular formula is C16H23ClN2O2. The summed E-state index contributed by atoms with van der Waals surface area (Å²) in [6.45, 7) is 0.414. The molecule has 0 aromatic heterocycles. The van der Waals surface area contributed by atoms with Gasteiger partial charge in [-0.3, -0.25) is 9.59 Å². The second-order valence-electron chi connectivity index (χ2n) is 5.39. The molecule has 5 heteroatoms. The molecule has 1 aromatic rings. The number of Topliss-reactive ketones (excluding diaryl/α,β-unsaturated/α-hetero) is 1. The van der Waals surface area contributed by atoms with Crippen molar-refractivity contribution in [3.05, 3.63) is 35.9 Å². The molecule has 116 valence electrons. The molecule has 21 heavy (non-hydrogen) atoms. The lowest BCUT2D eigenvalue weighted by Gasteiger charge is -2.28. The van der Waals surface area contributed by atoms with Crippen molar-refractivity contribution in [1.29, 1.82) is 0 Å². The average Bonchev–Trinajstić information content (AvgIpc) is 2.97. The van der Waals surface area contributed by atoms with Crippen LogP contribution in [0.4, 0.5) is 0 Å². The first kappa shape index (κ1) is 17.7. The Bertz CT molecular complexity index is 470. The van der Waals surface area contributed by atoms with E-state index >= 15 is 0 Å². The summed E-state index contributed by atoms with van der Waals surface area (Å²) in [5.41, 5.74) is 6.00. The van der Waals surface area contributed by atoms with Crippen LogP contribution in [0, 0.1) is 0 Å². The highest BCUT2D eigenvalue weighted by Gasteiger charge is 2.41. The summed E-state index contributed by atoms with van der Waals surface area (Å²) in [5.74, 6) is -0.0337. The van der Waals surface area contributed by atoms with Gasteiger partial charge in [0, 0.05) is 13.0 Å². The number of ketones is 1. The van der Waals surface area contributed by atoms with Crippen molar-refractivity contribution in [3.63, 3.8) is 0 Å². The molecule has 0 atom stereocenters. The third kappa shape index (κ3) is 4.05. The molecule has 1 fully saturated rings. The van der Waals surface area contributed by atoms with Gasteiger partial charge in [0.15, 0.2) is 5.78 Å². The zero-order valence-electron chi connectivity index (χ0n) is 12.1. The number of carbonyl (C=O) groups is 2. The molecule has 1 amide bonds. The Kier molecular flexibility index (Phi) is 6.85. The number of benzene rings is 1. The maximum absolute atomic E-state index is 12.6. The predicted octanol–water partition coefficient (Wildman–Crippen LogP) is 1.95. The summed E-state index contributed by atoms with van der Waals surface area (Å²) in [7, 11) is 0. The fourth-order valence-electron chi connectivity index (χ4n) is 3.03. The number of rotatable bonds is 6. The topological polar surface area (TPSA) is 72.2 Å². The standard InChI is InChI=1S/C16H22N2O2.ClH/c17-11-8-15(20)18-12-14(19)16(9-4-5-10-16)13-6-2-1-3-7-13;/h1-3,6-7H,4-5,8-12,17H2,(H,18,20);1H. The van der Waals surface area contributed by atoms with E-state index in [4.69, 9.17) is 5.73 Å². The predicted molar refractivity (Wildman–Crippen MR) is 85.5 cm³/mol. The number of amides is 1. The van der Waals surface area contributed by atoms with Gasteiger partial charge >= 0.3 is 0 Å². The molecule has 0 heterocycles. The van der Waals surface area contributed by atoms with Gasteiger partial charge in [-0.25, -0.2) is 0 Å². The second-order valence-corrected chi connectivity index (χ2v) is 5.39. The van der Waals surface area contributed by atoms with Gasteiger partial charge in [-0.1, -0.05) is 43.2 Å². The van der Waals surface area contributed by atoms with E-state index in [0.29, 0.717) is 6.54 Å². The molecule has 0 radical (unpaired) electrons. The van der Waals surface area contributed by atoms with Crippen molar-refractivity contribution in [1.82, 2.24) is 5.32 Å². The lowest BCUT2D eigenvalue weighted by atomic mass is 9.75. The third-order valence-corrected chi connectivity index (χ3v) is 4.13. The Balaban J connectivity index is 0.00000220. The molecule has 1 aliphatic rings. The van der Waals surface area contributed by atoms with Crippen LogP contribution in [0.15, 0.2) is 30.3 Å². The fraction of sp³-hybridized carbons (Fsp3) is 0.500. The van der Waals surface area contributed by atoms with Crippen molar-refractivity contribution in [2.75, 3.05) is 13.1 Å². The van der Waals surface area contributed by atoms with E-state index in [1.807, 2.05) is 30.3 Å². The Labute approximate surface area is 131 Å². The Hall–Kier alpha value is -1.39. The van der Waals surface area contributed by atoms with E-state index in [1.165, 1.54) is 0 Å². The third-order valence-electron chi connectivity index (χ3n) is 4.13. The van der Waals surface area contributed by atoms with Crippen molar-refractivity contribution in [2.45, 2.75) is 37.5 Å². The number of nitrogens with one attached hydrogen (secondary N) is 1. The first-order chi connectivity index (χ1) is 9.69. The van der Waals surface area contributed by atoms with Crippen LogP contribution < -0.4 is 11.1 Å². The normalized spacial score (nSPS) is 16.0. The maximum Gasteiger partial charge on any atom is 0.221 e. The highest BCUT2D eigenvalue weighted by molar-refractivity contribution is 5.94. The number of carbonyl (C=O) groups excluding carboxylic acids is 2. The van der Waals surface area contributed by atoms with Crippen LogP contribution in [0.3, 0.4) is 0 Å². The van der Waals surface area contributed by atoms with Crippen molar-refractivity contribution < 1.29 is 9.59 Å². The van der Waals surface area contributed by atoms with Crippen molar-refractivity contribution in [2.24, 2.45) is 5.73 Å². The minimum Gasteiger partial charge on any atom is -0.349 e. The summed E-state index contributed by atoms with van der Waals surface area (Å²) >= 11 is 0.